The standard InChI is InChI=1S/C3H5F3O.C2H6/c1-2-7-3(4,5)6;1-2/h2H2,1H3;1-2H3. The lowest BCUT2D eigenvalue weighted by atomic mass is 10.9. The van der Waals surface area contributed by atoms with Crippen LogP contribution in [0.1, 0.15) is 20.8 Å². The van der Waals surface area contributed by atoms with Crippen LogP contribution >= 0.6 is 0 Å². The van der Waals surface area contributed by atoms with Gasteiger partial charge in [0.15, 0.2) is 0 Å². The molecule has 9 heavy (non-hydrogen) atoms. The van der Waals surface area contributed by atoms with E-state index in [-0.39, 0.29) is 6.61 Å². The van der Waals surface area contributed by atoms with E-state index in [0.29, 0.717) is 0 Å². The van der Waals surface area contributed by atoms with Crippen molar-refractivity contribution in [1.29, 1.82) is 0 Å². The Hall–Kier alpha value is -0.250. The highest BCUT2D eigenvalue weighted by Gasteiger charge is 2.27. The Morgan fingerprint density at radius 3 is 1.56 bits per heavy atom. The fraction of sp³-hybridized carbons (Fsp3) is 1.00. The van der Waals surface area contributed by atoms with Gasteiger partial charge in [0.2, 0.25) is 0 Å². The molecule has 0 aromatic carbocycles. The second-order valence-electron chi connectivity index (χ2n) is 0.879. The van der Waals surface area contributed by atoms with Gasteiger partial charge in [0.05, 0.1) is 6.61 Å². The molecule has 0 amide bonds. The van der Waals surface area contributed by atoms with Gasteiger partial charge in [-0.3, -0.25) is 4.74 Å². The summed E-state index contributed by atoms with van der Waals surface area (Å²) in [5.41, 5.74) is 0. The van der Waals surface area contributed by atoms with Crippen LogP contribution in [0.3, 0.4) is 0 Å². The molecule has 0 radical (unpaired) electrons. The molecule has 0 unspecified atom stereocenters. The van der Waals surface area contributed by atoms with Crippen molar-refractivity contribution in [3.63, 3.8) is 0 Å². The van der Waals surface area contributed by atoms with Crippen molar-refractivity contribution in [2.45, 2.75) is 27.1 Å². The molecule has 0 fully saturated rings. The van der Waals surface area contributed by atoms with E-state index >= 15 is 0 Å². The smallest absolute Gasteiger partial charge is 0.292 e. The van der Waals surface area contributed by atoms with E-state index in [4.69, 9.17) is 0 Å². The molecule has 0 rings (SSSR count). The molecule has 58 valence electrons. The molecule has 0 N–H and O–H groups in total. The molecule has 0 spiro atoms. The van der Waals surface area contributed by atoms with Crippen LogP contribution in [0.5, 0.6) is 0 Å². The highest BCUT2D eigenvalue weighted by molar-refractivity contribution is 4.21. The maximum Gasteiger partial charge on any atom is 0.522 e. The van der Waals surface area contributed by atoms with Gasteiger partial charge >= 0.3 is 6.36 Å². The van der Waals surface area contributed by atoms with Crippen LogP contribution < -0.4 is 0 Å². The molecule has 0 aromatic rings. The average molecular weight is 144 g/mol. The summed E-state index contributed by atoms with van der Waals surface area (Å²) in [6, 6.07) is 0. The highest BCUT2D eigenvalue weighted by atomic mass is 19.4. The Bertz CT molecular complexity index is 50.7. The summed E-state index contributed by atoms with van der Waals surface area (Å²) < 4.78 is 35.7. The second-order valence-corrected chi connectivity index (χ2v) is 0.879. The van der Waals surface area contributed by atoms with Crippen LogP contribution in [0.15, 0.2) is 0 Å². The van der Waals surface area contributed by atoms with E-state index in [1.165, 1.54) is 6.92 Å². The zero-order chi connectivity index (χ0) is 7.91. The number of rotatable bonds is 1. The van der Waals surface area contributed by atoms with Gasteiger partial charge in [-0.25, -0.2) is 0 Å². The molecular formula is C5H11F3O. The number of alkyl halides is 3. The van der Waals surface area contributed by atoms with Crippen LogP contribution in [0.25, 0.3) is 0 Å². The summed E-state index contributed by atoms with van der Waals surface area (Å²) in [6.45, 7) is 4.97. The first-order chi connectivity index (χ1) is 4.06. The molecule has 0 aliphatic heterocycles. The lowest BCUT2D eigenvalue weighted by Crippen LogP contribution is -2.12. The Balaban J connectivity index is 0. The zero-order valence-corrected chi connectivity index (χ0v) is 5.75. The van der Waals surface area contributed by atoms with Crippen LogP contribution in [0.2, 0.25) is 0 Å². The van der Waals surface area contributed by atoms with E-state index in [9.17, 15) is 13.2 Å². The van der Waals surface area contributed by atoms with E-state index in [2.05, 4.69) is 4.74 Å². The van der Waals surface area contributed by atoms with E-state index in [1.54, 1.807) is 0 Å². The van der Waals surface area contributed by atoms with Crippen molar-refractivity contribution in [3.8, 4) is 0 Å². The number of ether oxygens (including phenoxy) is 1. The summed E-state index contributed by atoms with van der Waals surface area (Å²) in [4.78, 5) is 0. The van der Waals surface area contributed by atoms with E-state index < -0.39 is 6.36 Å². The summed E-state index contributed by atoms with van der Waals surface area (Å²) in [5, 5.41) is 0. The Morgan fingerprint density at radius 2 is 1.56 bits per heavy atom. The van der Waals surface area contributed by atoms with Gasteiger partial charge < -0.3 is 0 Å². The summed E-state index contributed by atoms with van der Waals surface area (Å²) >= 11 is 0. The number of halogens is 3. The summed E-state index contributed by atoms with van der Waals surface area (Å²) in [7, 11) is 0. The molecule has 0 bridgehead atoms. The topological polar surface area (TPSA) is 9.23 Å². The van der Waals surface area contributed by atoms with Gasteiger partial charge in [-0.15, -0.1) is 13.2 Å². The minimum Gasteiger partial charge on any atom is -0.292 e. The lowest BCUT2D eigenvalue weighted by molar-refractivity contribution is -0.322. The minimum atomic E-state index is -4.45. The van der Waals surface area contributed by atoms with Crippen molar-refractivity contribution in [3.05, 3.63) is 0 Å². The fourth-order valence-corrected chi connectivity index (χ4v) is 0.164. The van der Waals surface area contributed by atoms with Gasteiger partial charge in [-0.2, -0.15) is 0 Å². The molecule has 0 aromatic heterocycles. The van der Waals surface area contributed by atoms with Gasteiger partial charge in [0, 0.05) is 0 Å². The van der Waals surface area contributed by atoms with Crippen molar-refractivity contribution in [1.82, 2.24) is 0 Å². The van der Waals surface area contributed by atoms with Crippen LogP contribution in [0, 0.1) is 0 Å². The second kappa shape index (κ2) is 5.88. The van der Waals surface area contributed by atoms with Crippen molar-refractivity contribution in [2.75, 3.05) is 6.61 Å². The number of hydrogen-bond acceptors (Lipinski definition) is 1. The fourth-order valence-electron chi connectivity index (χ4n) is 0.164. The Morgan fingerprint density at radius 1 is 1.22 bits per heavy atom. The SMILES string of the molecule is CC.CCOC(F)(F)F. The molecule has 4 heteroatoms. The Kier molecular flexibility index (Phi) is 7.53. The average Bonchev–Trinajstić information content (AvgIpc) is 1.69. The molecule has 1 nitrogen and oxygen atoms in total. The summed E-state index contributed by atoms with van der Waals surface area (Å²) in [5.74, 6) is 0. The van der Waals surface area contributed by atoms with Gasteiger partial charge in [-0.05, 0) is 6.92 Å². The van der Waals surface area contributed by atoms with Crippen molar-refractivity contribution < 1.29 is 17.9 Å². The third kappa shape index (κ3) is 18.2. The Labute approximate surface area is 52.8 Å². The first-order valence-electron chi connectivity index (χ1n) is 2.77. The quantitative estimate of drug-likeness (QED) is 0.549. The highest BCUT2D eigenvalue weighted by Crippen LogP contribution is 2.14. The molecule has 0 atom stereocenters. The van der Waals surface area contributed by atoms with Crippen LogP contribution in [0.4, 0.5) is 13.2 Å². The van der Waals surface area contributed by atoms with Crippen molar-refractivity contribution in [2.24, 2.45) is 0 Å². The predicted molar refractivity (Wildman–Crippen MR) is 29.0 cm³/mol. The lowest BCUT2D eigenvalue weighted by Gasteiger charge is -2.01. The molecule has 0 aliphatic carbocycles. The largest absolute Gasteiger partial charge is 0.522 e. The first-order valence-corrected chi connectivity index (χ1v) is 2.77. The third-order valence-electron chi connectivity index (χ3n) is 0.308. The van der Waals surface area contributed by atoms with E-state index in [1.807, 2.05) is 13.8 Å². The van der Waals surface area contributed by atoms with Gasteiger partial charge in [-0.1, -0.05) is 13.8 Å². The summed E-state index contributed by atoms with van der Waals surface area (Å²) in [6.07, 6.45) is -4.45. The third-order valence-corrected chi connectivity index (χ3v) is 0.308. The number of hydrogen-bond donors (Lipinski definition) is 0. The van der Waals surface area contributed by atoms with Gasteiger partial charge in [0.1, 0.15) is 0 Å². The molecule has 0 aliphatic rings. The maximum atomic E-state index is 10.8. The van der Waals surface area contributed by atoms with E-state index in [0.717, 1.165) is 0 Å². The maximum absolute atomic E-state index is 10.8. The monoisotopic (exact) mass is 144 g/mol. The van der Waals surface area contributed by atoms with Crippen LogP contribution in [-0.2, 0) is 4.74 Å². The van der Waals surface area contributed by atoms with Crippen molar-refractivity contribution >= 4 is 0 Å². The first kappa shape index (κ1) is 11.5. The predicted octanol–water partition coefficient (Wildman–Crippen LogP) is 2.57. The van der Waals surface area contributed by atoms with Gasteiger partial charge in [0.25, 0.3) is 0 Å². The zero-order valence-electron chi connectivity index (χ0n) is 5.75. The molecule has 0 heterocycles. The molecular weight excluding hydrogens is 133 g/mol. The molecule has 0 saturated carbocycles. The normalized spacial score (nSPS) is 10.0. The minimum absolute atomic E-state index is 0.316. The van der Waals surface area contributed by atoms with Crippen LogP contribution in [-0.4, -0.2) is 13.0 Å². The molecule has 0 saturated heterocycles.